The summed E-state index contributed by atoms with van der Waals surface area (Å²) in [6.45, 7) is 1.92. The predicted octanol–water partition coefficient (Wildman–Crippen LogP) is 1.19. The van der Waals surface area contributed by atoms with Gasteiger partial charge in [0.25, 0.3) is 0 Å². The van der Waals surface area contributed by atoms with E-state index < -0.39 is 0 Å². The molecule has 0 unspecified atom stereocenters. The molecule has 0 fully saturated rings. The molecule has 0 spiro atoms. The van der Waals surface area contributed by atoms with Crippen LogP contribution in [0, 0.1) is 13.0 Å². The van der Waals surface area contributed by atoms with Crippen LogP contribution in [0.4, 0.5) is 0 Å². The van der Waals surface area contributed by atoms with E-state index in [2.05, 4.69) is 11.1 Å². The van der Waals surface area contributed by atoms with Crippen molar-refractivity contribution in [3.8, 4) is 0 Å². The molecule has 39 valence electrons. The van der Waals surface area contributed by atoms with Crippen LogP contribution in [0.2, 0.25) is 0 Å². The first-order chi connectivity index (χ1) is 3.39. The summed E-state index contributed by atoms with van der Waals surface area (Å²) in [6.07, 6.45) is 1.76. The van der Waals surface area contributed by atoms with Gasteiger partial charge in [0.1, 0.15) is 0 Å². The van der Waals surface area contributed by atoms with Crippen LogP contribution in [0.1, 0.15) is 5.69 Å². The van der Waals surface area contributed by atoms with Crippen LogP contribution in [-0.4, -0.2) is 4.98 Å². The van der Waals surface area contributed by atoms with Crippen molar-refractivity contribution in [2.24, 2.45) is 0 Å². The monoisotopic (exact) mass is 143 g/mol. The van der Waals surface area contributed by atoms with E-state index in [1.807, 2.05) is 19.1 Å². The first kappa shape index (κ1) is 7.73. The maximum atomic E-state index is 3.92. The zero-order chi connectivity index (χ0) is 5.11. The van der Waals surface area contributed by atoms with E-state index in [-0.39, 0.29) is 18.6 Å². The first-order valence-corrected chi connectivity index (χ1v) is 2.19. The van der Waals surface area contributed by atoms with Crippen molar-refractivity contribution in [2.45, 2.75) is 6.92 Å². The molecule has 1 heterocycles. The predicted molar refractivity (Wildman–Crippen MR) is 27.8 cm³/mol. The molecule has 0 N–H and O–H groups in total. The molecule has 0 aromatic carbocycles. The number of pyridine rings is 1. The summed E-state index contributed by atoms with van der Waals surface area (Å²) in [5.74, 6) is 0. The van der Waals surface area contributed by atoms with E-state index in [1.165, 1.54) is 0 Å². The minimum atomic E-state index is 0. The fourth-order valence-electron chi connectivity index (χ4n) is 0.404. The van der Waals surface area contributed by atoms with Crippen LogP contribution in [0.5, 0.6) is 0 Å². The van der Waals surface area contributed by atoms with Gasteiger partial charge in [-0.15, -0.1) is 0 Å². The number of nitrogens with zero attached hydrogens (tertiary/aromatic N) is 1. The summed E-state index contributed by atoms with van der Waals surface area (Å²) in [4.78, 5) is 3.92. The van der Waals surface area contributed by atoms with E-state index in [0.717, 1.165) is 5.69 Å². The number of hydrogen-bond donors (Lipinski definition) is 0. The Bertz CT molecular complexity index is 138. The van der Waals surface area contributed by atoms with Gasteiger partial charge in [0, 0.05) is 0 Å². The van der Waals surface area contributed by atoms with Crippen molar-refractivity contribution in [1.29, 1.82) is 0 Å². The van der Waals surface area contributed by atoms with Gasteiger partial charge in [-0.1, -0.05) is 11.9 Å². The van der Waals surface area contributed by atoms with E-state index in [4.69, 9.17) is 0 Å². The van der Waals surface area contributed by atoms with Gasteiger partial charge in [0.2, 0.25) is 0 Å². The molecule has 8 heavy (non-hydrogen) atoms. The summed E-state index contributed by atoms with van der Waals surface area (Å²) in [6, 6.07) is 6.62. The van der Waals surface area contributed by atoms with Gasteiger partial charge >= 0.3 is 18.6 Å². The Morgan fingerprint density at radius 3 is 2.62 bits per heavy atom. The summed E-state index contributed by atoms with van der Waals surface area (Å²) < 4.78 is 0. The molecule has 1 nitrogen and oxygen atoms in total. The number of rotatable bonds is 0. The van der Waals surface area contributed by atoms with Gasteiger partial charge in [0.05, 0.1) is 0 Å². The van der Waals surface area contributed by atoms with E-state index >= 15 is 0 Å². The van der Waals surface area contributed by atoms with Crippen LogP contribution in [-0.2, 0) is 18.6 Å². The molecule has 1 aromatic rings. The summed E-state index contributed by atoms with van der Waals surface area (Å²) in [5, 5.41) is 0. The fourth-order valence-corrected chi connectivity index (χ4v) is 0.404. The molecule has 0 amide bonds. The molecule has 1 aromatic heterocycles. The molecule has 0 aliphatic heterocycles. The SMILES string of the molecule is Cc1[c-]cccn1.[V+2]. The number of hydrogen-bond acceptors (Lipinski definition) is 1. The molecule has 0 saturated carbocycles. The Labute approximate surface area is 61.0 Å². The molecular formula is C6H6NV+. The Morgan fingerprint density at radius 2 is 2.38 bits per heavy atom. The van der Waals surface area contributed by atoms with Crippen molar-refractivity contribution < 1.29 is 18.6 Å². The second-order valence-electron chi connectivity index (χ2n) is 1.37. The zero-order valence-electron chi connectivity index (χ0n) is 4.63. The van der Waals surface area contributed by atoms with Gasteiger partial charge < -0.3 is 4.98 Å². The first-order valence-electron chi connectivity index (χ1n) is 2.19. The second kappa shape index (κ2) is 3.70. The molecule has 0 aliphatic carbocycles. The second-order valence-corrected chi connectivity index (χ2v) is 1.37. The largest absolute Gasteiger partial charge is 2.00 e. The van der Waals surface area contributed by atoms with Crippen LogP contribution >= 0.6 is 0 Å². The average molecular weight is 143 g/mol. The third-order valence-electron chi connectivity index (χ3n) is 0.743. The molecule has 0 aliphatic rings. The average Bonchev–Trinajstić information content (AvgIpc) is 1.69. The van der Waals surface area contributed by atoms with Gasteiger partial charge in [-0.2, -0.15) is 6.07 Å². The quantitative estimate of drug-likeness (QED) is 0.497. The molecular weight excluding hydrogens is 137 g/mol. The zero-order valence-corrected chi connectivity index (χ0v) is 6.02. The molecule has 0 saturated heterocycles. The third-order valence-corrected chi connectivity index (χ3v) is 0.743. The summed E-state index contributed by atoms with van der Waals surface area (Å²) >= 11 is 0. The van der Waals surface area contributed by atoms with E-state index in [0.29, 0.717) is 0 Å². The minimum absolute atomic E-state index is 0. The van der Waals surface area contributed by atoms with Crippen molar-refractivity contribution in [1.82, 2.24) is 4.98 Å². The number of aryl methyl sites for hydroxylation is 1. The van der Waals surface area contributed by atoms with Crippen molar-refractivity contribution in [3.63, 3.8) is 0 Å². The van der Waals surface area contributed by atoms with Gasteiger partial charge in [-0.25, -0.2) is 12.1 Å². The standard InChI is InChI=1S/C6H6N.V/c1-6-4-2-3-5-7-6;/h2-3,5H,1H3;/q-1;+2. The Kier molecular flexibility index (Phi) is 3.58. The maximum absolute atomic E-state index is 3.92. The van der Waals surface area contributed by atoms with Crippen LogP contribution in [0.15, 0.2) is 18.3 Å². The Balaban J connectivity index is 0.000000490. The smallest absolute Gasteiger partial charge is 0.301 e. The topological polar surface area (TPSA) is 12.9 Å². The van der Waals surface area contributed by atoms with Crippen LogP contribution in [0.3, 0.4) is 0 Å². The molecule has 1 radical (unpaired) electrons. The van der Waals surface area contributed by atoms with Gasteiger partial charge in [0.15, 0.2) is 0 Å². The molecule has 1 rings (SSSR count). The fraction of sp³-hybridized carbons (Fsp3) is 0.167. The van der Waals surface area contributed by atoms with Crippen molar-refractivity contribution >= 4 is 0 Å². The van der Waals surface area contributed by atoms with Crippen molar-refractivity contribution in [2.75, 3.05) is 0 Å². The summed E-state index contributed by atoms with van der Waals surface area (Å²) in [7, 11) is 0. The third kappa shape index (κ3) is 2.15. The van der Waals surface area contributed by atoms with Gasteiger partial charge in [-0.3, -0.25) is 0 Å². The van der Waals surface area contributed by atoms with Crippen LogP contribution < -0.4 is 0 Å². The minimum Gasteiger partial charge on any atom is -0.301 e. The molecule has 2 heteroatoms. The normalized spacial score (nSPS) is 7.62. The number of aromatic nitrogens is 1. The van der Waals surface area contributed by atoms with Crippen LogP contribution in [0.25, 0.3) is 0 Å². The maximum Gasteiger partial charge on any atom is 2.00 e. The molecule has 0 bridgehead atoms. The van der Waals surface area contributed by atoms with E-state index in [9.17, 15) is 0 Å². The summed E-state index contributed by atoms with van der Waals surface area (Å²) in [5.41, 5.74) is 0.947. The Morgan fingerprint density at radius 1 is 1.62 bits per heavy atom. The van der Waals surface area contributed by atoms with Gasteiger partial charge in [-0.05, 0) is 6.92 Å². The Hall–Kier alpha value is -0.266. The van der Waals surface area contributed by atoms with E-state index in [1.54, 1.807) is 6.20 Å². The van der Waals surface area contributed by atoms with Crippen molar-refractivity contribution in [3.05, 3.63) is 30.1 Å². The molecule has 0 atom stereocenters.